The van der Waals surface area contributed by atoms with Gasteiger partial charge in [-0.15, -0.1) is 0 Å². The molecule has 1 aromatic rings. The van der Waals surface area contributed by atoms with Crippen LogP contribution in [0, 0.1) is 12.8 Å². The molecule has 0 amide bonds. The van der Waals surface area contributed by atoms with Gasteiger partial charge in [-0.05, 0) is 30.9 Å². The van der Waals surface area contributed by atoms with E-state index in [-0.39, 0.29) is 0 Å². The second-order valence-electron chi connectivity index (χ2n) is 3.81. The zero-order chi connectivity index (χ0) is 10.0. The van der Waals surface area contributed by atoms with E-state index in [0.717, 1.165) is 6.54 Å². The number of aryl methyl sites for hydroxylation is 1. The Bertz CT molecular complexity index is 278. The molecule has 1 heterocycles. The number of hydrogen-bond donors (Lipinski definition) is 1. The Labute approximate surface area is 79.9 Å². The quantitative estimate of drug-likeness (QED) is 0.766. The van der Waals surface area contributed by atoms with Crippen LogP contribution in [0.15, 0.2) is 6.20 Å². The summed E-state index contributed by atoms with van der Waals surface area (Å²) in [5, 5.41) is 4.23. The van der Waals surface area contributed by atoms with Crippen LogP contribution in [-0.4, -0.2) is 16.3 Å². The van der Waals surface area contributed by atoms with E-state index >= 15 is 0 Å². The zero-order valence-corrected chi connectivity index (χ0v) is 8.91. The van der Waals surface area contributed by atoms with Crippen LogP contribution in [0.3, 0.4) is 0 Å². The van der Waals surface area contributed by atoms with Crippen molar-refractivity contribution in [2.75, 3.05) is 6.54 Å². The highest BCUT2D eigenvalue weighted by atomic mass is 15.3. The van der Waals surface area contributed by atoms with Gasteiger partial charge in [0.05, 0.1) is 6.20 Å². The molecule has 74 valence electrons. The predicted molar refractivity (Wildman–Crippen MR) is 54.6 cm³/mol. The molecule has 1 rings (SSSR count). The average Bonchev–Trinajstić information content (AvgIpc) is 2.45. The lowest BCUT2D eigenvalue weighted by molar-refractivity contribution is 0.496. The Morgan fingerprint density at radius 2 is 2.15 bits per heavy atom. The predicted octanol–water partition coefficient (Wildman–Crippen LogP) is 1.43. The summed E-state index contributed by atoms with van der Waals surface area (Å²) in [5.41, 5.74) is 8.20. The van der Waals surface area contributed by atoms with Crippen LogP contribution in [0.2, 0.25) is 0 Å². The van der Waals surface area contributed by atoms with Crippen molar-refractivity contribution in [2.45, 2.75) is 26.7 Å². The lowest BCUT2D eigenvalue weighted by atomic mass is 9.89. The largest absolute Gasteiger partial charge is 0.330 e. The molecular weight excluding hydrogens is 162 g/mol. The Hall–Kier alpha value is -0.830. The minimum atomic E-state index is 0.499. The van der Waals surface area contributed by atoms with Crippen molar-refractivity contribution in [3.8, 4) is 0 Å². The van der Waals surface area contributed by atoms with Crippen molar-refractivity contribution in [3.05, 3.63) is 17.5 Å². The van der Waals surface area contributed by atoms with Gasteiger partial charge in [0.1, 0.15) is 0 Å². The maximum absolute atomic E-state index is 5.64. The number of nitrogens with two attached hydrogens (primary N) is 1. The molecule has 0 radical (unpaired) electrons. The summed E-state index contributed by atoms with van der Waals surface area (Å²) in [6, 6.07) is 0. The van der Waals surface area contributed by atoms with E-state index in [2.05, 4.69) is 25.9 Å². The highest BCUT2D eigenvalue weighted by Gasteiger charge is 2.16. The van der Waals surface area contributed by atoms with Crippen molar-refractivity contribution < 1.29 is 0 Å². The summed E-state index contributed by atoms with van der Waals surface area (Å²) in [7, 11) is 1.97. The van der Waals surface area contributed by atoms with Crippen molar-refractivity contribution >= 4 is 0 Å². The molecule has 13 heavy (non-hydrogen) atoms. The second-order valence-corrected chi connectivity index (χ2v) is 3.81. The van der Waals surface area contributed by atoms with Crippen molar-refractivity contribution in [3.63, 3.8) is 0 Å². The van der Waals surface area contributed by atoms with Gasteiger partial charge in [0.2, 0.25) is 0 Å². The fourth-order valence-corrected chi connectivity index (χ4v) is 1.47. The van der Waals surface area contributed by atoms with Gasteiger partial charge >= 0.3 is 0 Å². The maximum atomic E-state index is 5.64. The van der Waals surface area contributed by atoms with Gasteiger partial charge in [0.15, 0.2) is 0 Å². The SMILES string of the molecule is Cc1c(C(C)C(C)CN)cnn1C. The van der Waals surface area contributed by atoms with Gasteiger partial charge in [-0.1, -0.05) is 13.8 Å². The van der Waals surface area contributed by atoms with Crippen molar-refractivity contribution in [1.82, 2.24) is 9.78 Å². The van der Waals surface area contributed by atoms with Crippen molar-refractivity contribution in [1.29, 1.82) is 0 Å². The molecular formula is C10H19N3. The Balaban J connectivity index is 2.88. The molecule has 0 saturated heterocycles. The molecule has 0 aliphatic rings. The molecule has 2 N–H and O–H groups in total. The molecule has 0 fully saturated rings. The molecule has 2 atom stereocenters. The minimum Gasteiger partial charge on any atom is -0.330 e. The van der Waals surface area contributed by atoms with Gasteiger partial charge in [0, 0.05) is 12.7 Å². The summed E-state index contributed by atoms with van der Waals surface area (Å²) >= 11 is 0. The van der Waals surface area contributed by atoms with Crippen LogP contribution in [0.25, 0.3) is 0 Å². The summed E-state index contributed by atoms with van der Waals surface area (Å²) < 4.78 is 1.91. The number of aromatic nitrogens is 2. The third-order valence-electron chi connectivity index (χ3n) is 2.99. The summed E-state index contributed by atoms with van der Waals surface area (Å²) in [6.07, 6.45) is 1.95. The summed E-state index contributed by atoms with van der Waals surface area (Å²) in [4.78, 5) is 0. The second kappa shape index (κ2) is 3.92. The molecule has 0 aliphatic heterocycles. The van der Waals surface area contributed by atoms with Crippen LogP contribution in [-0.2, 0) is 7.05 Å². The lowest BCUT2D eigenvalue weighted by Crippen LogP contribution is -2.17. The molecule has 0 bridgehead atoms. The first-order chi connectivity index (χ1) is 6.07. The molecule has 2 unspecified atom stereocenters. The van der Waals surface area contributed by atoms with Gasteiger partial charge in [-0.2, -0.15) is 5.10 Å². The van der Waals surface area contributed by atoms with Crippen LogP contribution in [0.1, 0.15) is 31.0 Å². The highest BCUT2D eigenvalue weighted by molar-refractivity contribution is 5.21. The van der Waals surface area contributed by atoms with Gasteiger partial charge in [0.25, 0.3) is 0 Å². The third kappa shape index (κ3) is 1.91. The van der Waals surface area contributed by atoms with Gasteiger partial charge in [-0.25, -0.2) is 0 Å². The molecule has 3 heteroatoms. The van der Waals surface area contributed by atoms with Gasteiger partial charge in [-0.3, -0.25) is 4.68 Å². The van der Waals surface area contributed by atoms with Crippen molar-refractivity contribution in [2.24, 2.45) is 18.7 Å². The lowest BCUT2D eigenvalue weighted by Gasteiger charge is -2.17. The van der Waals surface area contributed by atoms with E-state index in [1.165, 1.54) is 11.3 Å². The number of hydrogen-bond acceptors (Lipinski definition) is 2. The monoisotopic (exact) mass is 181 g/mol. The van der Waals surface area contributed by atoms with E-state index in [0.29, 0.717) is 11.8 Å². The van der Waals surface area contributed by atoms with E-state index in [4.69, 9.17) is 5.73 Å². The first kappa shape index (κ1) is 10.3. The molecule has 0 spiro atoms. The van der Waals surface area contributed by atoms with E-state index in [1.807, 2.05) is 17.9 Å². The zero-order valence-electron chi connectivity index (χ0n) is 8.91. The van der Waals surface area contributed by atoms with E-state index in [9.17, 15) is 0 Å². The molecule has 1 aromatic heterocycles. The van der Waals surface area contributed by atoms with Crippen LogP contribution in [0.5, 0.6) is 0 Å². The fraction of sp³-hybridized carbons (Fsp3) is 0.700. The Kier molecular flexibility index (Phi) is 3.09. The first-order valence-electron chi connectivity index (χ1n) is 4.76. The molecule has 0 aromatic carbocycles. The fourth-order valence-electron chi connectivity index (χ4n) is 1.47. The molecule has 0 saturated carbocycles. The minimum absolute atomic E-state index is 0.499. The van der Waals surface area contributed by atoms with E-state index in [1.54, 1.807) is 0 Å². The third-order valence-corrected chi connectivity index (χ3v) is 2.99. The number of rotatable bonds is 3. The Morgan fingerprint density at radius 1 is 1.54 bits per heavy atom. The average molecular weight is 181 g/mol. The van der Waals surface area contributed by atoms with Gasteiger partial charge < -0.3 is 5.73 Å². The Morgan fingerprint density at radius 3 is 2.54 bits per heavy atom. The normalized spacial score (nSPS) is 15.8. The smallest absolute Gasteiger partial charge is 0.0527 e. The summed E-state index contributed by atoms with van der Waals surface area (Å²) in [5.74, 6) is 1.02. The molecule has 0 aliphatic carbocycles. The standard InChI is InChI=1S/C10H19N3/c1-7(5-11)8(2)10-6-12-13(4)9(10)3/h6-8H,5,11H2,1-4H3. The topological polar surface area (TPSA) is 43.8 Å². The number of nitrogens with zero attached hydrogens (tertiary/aromatic N) is 2. The molecule has 3 nitrogen and oxygen atoms in total. The summed E-state index contributed by atoms with van der Waals surface area (Å²) in [6.45, 7) is 7.22. The maximum Gasteiger partial charge on any atom is 0.0527 e. The highest BCUT2D eigenvalue weighted by Crippen LogP contribution is 2.25. The van der Waals surface area contributed by atoms with Crippen LogP contribution in [0.4, 0.5) is 0 Å². The van der Waals surface area contributed by atoms with E-state index < -0.39 is 0 Å². The van der Waals surface area contributed by atoms with Crippen LogP contribution < -0.4 is 5.73 Å². The first-order valence-corrected chi connectivity index (χ1v) is 4.76. The van der Waals surface area contributed by atoms with Crippen LogP contribution >= 0.6 is 0 Å².